The molecule has 8 heteroatoms. The van der Waals surface area contributed by atoms with Crippen molar-refractivity contribution in [3.63, 3.8) is 0 Å². The van der Waals surface area contributed by atoms with Crippen LogP contribution in [0.25, 0.3) is 0 Å². The van der Waals surface area contributed by atoms with Gasteiger partial charge >= 0.3 is 0 Å². The van der Waals surface area contributed by atoms with E-state index in [0.29, 0.717) is 15.0 Å². The average molecular weight is 467 g/mol. The highest BCUT2D eigenvalue weighted by Gasteiger charge is 2.16. The van der Waals surface area contributed by atoms with E-state index in [1.807, 2.05) is 22.6 Å². The average Bonchev–Trinajstić information content (AvgIpc) is 2.57. The van der Waals surface area contributed by atoms with Gasteiger partial charge in [0.2, 0.25) is 0 Å². The molecule has 0 bridgehead atoms. The Balaban J connectivity index is 2.00. The van der Waals surface area contributed by atoms with E-state index in [1.165, 1.54) is 18.2 Å². The summed E-state index contributed by atoms with van der Waals surface area (Å²) in [6, 6.07) is 12.9. The normalized spacial score (nSPS) is 10.4. The standard InChI is InChI=1S/C18H12F2IN3O2/c19-10-6-16(23-15-5-4-11(21)8-14(15)20)18(24-25)17(7-10)26-13-3-1-2-12(22)9-13/h1-9,23H,22H2. The minimum Gasteiger partial charge on any atom is -0.455 e. The molecule has 0 saturated heterocycles. The fraction of sp³-hybridized carbons (Fsp3) is 0. The molecule has 0 atom stereocenters. The van der Waals surface area contributed by atoms with Crippen LogP contribution < -0.4 is 15.8 Å². The van der Waals surface area contributed by atoms with Crippen LogP contribution >= 0.6 is 22.6 Å². The van der Waals surface area contributed by atoms with E-state index in [2.05, 4.69) is 10.5 Å². The first-order chi connectivity index (χ1) is 12.5. The van der Waals surface area contributed by atoms with Crippen molar-refractivity contribution in [3.8, 4) is 11.5 Å². The van der Waals surface area contributed by atoms with Crippen LogP contribution in [0.4, 0.5) is 31.5 Å². The van der Waals surface area contributed by atoms with Gasteiger partial charge in [0, 0.05) is 21.4 Å². The van der Waals surface area contributed by atoms with Gasteiger partial charge < -0.3 is 15.8 Å². The van der Waals surface area contributed by atoms with Crippen LogP contribution in [0.5, 0.6) is 11.5 Å². The summed E-state index contributed by atoms with van der Waals surface area (Å²) in [5, 5.41) is 5.59. The molecule has 0 saturated carbocycles. The zero-order valence-corrected chi connectivity index (χ0v) is 15.3. The second-order valence-electron chi connectivity index (χ2n) is 5.32. The lowest BCUT2D eigenvalue weighted by Crippen LogP contribution is -1.97. The summed E-state index contributed by atoms with van der Waals surface area (Å²) in [5.41, 5.74) is 6.00. The van der Waals surface area contributed by atoms with Crippen molar-refractivity contribution in [3.05, 3.63) is 74.7 Å². The van der Waals surface area contributed by atoms with Crippen LogP contribution in [0.15, 0.2) is 59.8 Å². The Morgan fingerprint density at radius 1 is 1.04 bits per heavy atom. The molecular weight excluding hydrogens is 455 g/mol. The van der Waals surface area contributed by atoms with Crippen LogP contribution in [-0.4, -0.2) is 0 Å². The van der Waals surface area contributed by atoms with Gasteiger partial charge in [0.15, 0.2) is 11.4 Å². The van der Waals surface area contributed by atoms with Crippen molar-refractivity contribution in [2.45, 2.75) is 0 Å². The molecule has 3 aromatic rings. The van der Waals surface area contributed by atoms with Crippen LogP contribution in [0, 0.1) is 20.1 Å². The molecule has 0 aliphatic rings. The van der Waals surface area contributed by atoms with E-state index < -0.39 is 11.6 Å². The van der Waals surface area contributed by atoms with Gasteiger partial charge in [-0.25, -0.2) is 8.78 Å². The topological polar surface area (TPSA) is 76.7 Å². The predicted octanol–water partition coefficient (Wildman–Crippen LogP) is 6.09. The third kappa shape index (κ3) is 4.07. The Hall–Kier alpha value is -2.75. The van der Waals surface area contributed by atoms with Crippen molar-refractivity contribution in [2.75, 3.05) is 11.1 Å². The maximum atomic E-state index is 14.0. The van der Waals surface area contributed by atoms with E-state index in [0.717, 1.165) is 12.1 Å². The monoisotopic (exact) mass is 467 g/mol. The van der Waals surface area contributed by atoms with Gasteiger partial charge in [0.1, 0.15) is 17.4 Å². The fourth-order valence-corrected chi connectivity index (χ4v) is 2.74. The summed E-state index contributed by atoms with van der Waals surface area (Å²) in [4.78, 5) is 11.3. The lowest BCUT2D eigenvalue weighted by molar-refractivity contribution is 0.479. The number of nitrogens with zero attached hydrogens (tertiary/aromatic N) is 1. The predicted molar refractivity (Wildman–Crippen MR) is 105 cm³/mol. The number of hydrogen-bond acceptors (Lipinski definition) is 5. The second kappa shape index (κ2) is 7.65. The molecule has 3 rings (SSSR count). The van der Waals surface area contributed by atoms with Crippen molar-refractivity contribution in [2.24, 2.45) is 5.18 Å². The highest BCUT2D eigenvalue weighted by Crippen LogP contribution is 2.41. The molecule has 5 nitrogen and oxygen atoms in total. The maximum absolute atomic E-state index is 14.0. The van der Waals surface area contributed by atoms with Crippen molar-refractivity contribution in [1.29, 1.82) is 0 Å². The van der Waals surface area contributed by atoms with Gasteiger partial charge in [0.05, 0.1) is 11.4 Å². The van der Waals surface area contributed by atoms with E-state index in [-0.39, 0.29) is 22.8 Å². The molecule has 3 aromatic carbocycles. The smallest absolute Gasteiger partial charge is 0.174 e. The molecule has 132 valence electrons. The second-order valence-corrected chi connectivity index (χ2v) is 6.56. The summed E-state index contributed by atoms with van der Waals surface area (Å²) < 4.78 is 34.3. The number of rotatable bonds is 5. The molecule has 0 aromatic heterocycles. The first kappa shape index (κ1) is 18.1. The summed E-state index contributed by atoms with van der Waals surface area (Å²) in [5.74, 6) is -1.02. The van der Waals surface area contributed by atoms with Gasteiger partial charge in [-0.3, -0.25) is 0 Å². The largest absolute Gasteiger partial charge is 0.455 e. The minimum atomic E-state index is -0.676. The Labute approximate surface area is 161 Å². The van der Waals surface area contributed by atoms with Crippen molar-refractivity contribution < 1.29 is 13.5 Å². The molecular formula is C18H12F2IN3O2. The van der Waals surface area contributed by atoms with Gasteiger partial charge in [0.25, 0.3) is 0 Å². The third-order valence-corrected chi connectivity index (χ3v) is 4.09. The first-order valence-electron chi connectivity index (χ1n) is 7.38. The number of nitrogens with one attached hydrogen (secondary N) is 1. The number of halogens is 3. The summed E-state index contributed by atoms with van der Waals surface area (Å²) in [6.07, 6.45) is 0. The molecule has 0 amide bonds. The summed E-state index contributed by atoms with van der Waals surface area (Å²) >= 11 is 1.97. The first-order valence-corrected chi connectivity index (χ1v) is 8.46. The Bertz CT molecular complexity index is 983. The van der Waals surface area contributed by atoms with E-state index in [9.17, 15) is 13.7 Å². The van der Waals surface area contributed by atoms with Crippen LogP contribution in [0.3, 0.4) is 0 Å². The quantitative estimate of drug-likeness (QED) is 0.271. The summed E-state index contributed by atoms with van der Waals surface area (Å²) in [6.45, 7) is 0. The number of nitrogens with two attached hydrogens (primary N) is 1. The summed E-state index contributed by atoms with van der Waals surface area (Å²) in [7, 11) is 0. The molecule has 3 N–H and O–H groups in total. The molecule has 0 spiro atoms. The van der Waals surface area contributed by atoms with Crippen LogP contribution in [-0.2, 0) is 0 Å². The number of benzene rings is 3. The van der Waals surface area contributed by atoms with Crippen LogP contribution in [0.1, 0.15) is 0 Å². The fourth-order valence-electron chi connectivity index (χ4n) is 2.28. The zero-order valence-electron chi connectivity index (χ0n) is 13.2. The molecule has 0 aliphatic carbocycles. The Morgan fingerprint density at radius 3 is 2.54 bits per heavy atom. The molecule has 26 heavy (non-hydrogen) atoms. The number of anilines is 3. The Kier molecular flexibility index (Phi) is 5.31. The van der Waals surface area contributed by atoms with Gasteiger partial charge in [-0.1, -0.05) is 6.07 Å². The molecule has 0 fully saturated rings. The Morgan fingerprint density at radius 2 is 1.85 bits per heavy atom. The van der Waals surface area contributed by atoms with E-state index in [4.69, 9.17) is 10.5 Å². The highest BCUT2D eigenvalue weighted by atomic mass is 127. The highest BCUT2D eigenvalue weighted by molar-refractivity contribution is 14.1. The number of hydrogen-bond donors (Lipinski definition) is 2. The number of nitroso groups, excluding NO2 is 1. The maximum Gasteiger partial charge on any atom is 0.174 e. The van der Waals surface area contributed by atoms with Gasteiger partial charge in [-0.05, 0) is 64.2 Å². The third-order valence-electron chi connectivity index (χ3n) is 3.42. The van der Waals surface area contributed by atoms with E-state index in [1.54, 1.807) is 24.3 Å². The zero-order chi connectivity index (χ0) is 18.7. The SMILES string of the molecule is Nc1cccc(Oc2cc(F)cc(Nc3ccc(I)cc3F)c2N=O)c1. The van der Waals surface area contributed by atoms with E-state index >= 15 is 0 Å². The molecule has 0 radical (unpaired) electrons. The lowest BCUT2D eigenvalue weighted by atomic mass is 10.2. The van der Waals surface area contributed by atoms with Gasteiger partial charge in [-0.15, -0.1) is 4.91 Å². The number of nitrogen functional groups attached to an aromatic ring is 1. The minimum absolute atomic E-state index is 0.0148. The van der Waals surface area contributed by atoms with Crippen molar-refractivity contribution >= 4 is 45.3 Å². The van der Waals surface area contributed by atoms with Crippen LogP contribution in [0.2, 0.25) is 0 Å². The lowest BCUT2D eigenvalue weighted by Gasteiger charge is -2.13. The molecule has 0 heterocycles. The molecule has 0 aliphatic heterocycles. The van der Waals surface area contributed by atoms with Gasteiger partial charge in [-0.2, -0.15) is 0 Å². The number of ether oxygens (including phenoxy) is 1. The van der Waals surface area contributed by atoms with Crippen molar-refractivity contribution in [1.82, 2.24) is 0 Å². The molecule has 0 unspecified atom stereocenters.